The summed E-state index contributed by atoms with van der Waals surface area (Å²) in [5, 5.41) is 0. The molecule has 3 aromatic rings. The lowest BCUT2D eigenvalue weighted by atomic mass is 10.0. The number of fused-ring (bicyclic) bond motifs is 1. The van der Waals surface area contributed by atoms with Gasteiger partial charge in [0.25, 0.3) is 5.91 Å². The van der Waals surface area contributed by atoms with Crippen LogP contribution in [0.5, 0.6) is 11.5 Å². The molecule has 0 saturated carbocycles. The molecule has 7 heteroatoms. The number of aryl methyl sites for hydroxylation is 1. The summed E-state index contributed by atoms with van der Waals surface area (Å²) in [4.78, 5) is 21.2. The smallest absolute Gasteiger partial charge is 0.264 e. The van der Waals surface area contributed by atoms with E-state index in [2.05, 4.69) is 11.1 Å². The van der Waals surface area contributed by atoms with Crippen molar-refractivity contribution in [3.8, 4) is 22.6 Å². The van der Waals surface area contributed by atoms with Crippen LogP contribution in [0.4, 0.5) is 0 Å². The predicted molar refractivity (Wildman–Crippen MR) is 128 cm³/mol. The summed E-state index contributed by atoms with van der Waals surface area (Å²) < 4.78 is 18.3. The van der Waals surface area contributed by atoms with Gasteiger partial charge in [-0.2, -0.15) is 0 Å². The molecule has 1 fully saturated rings. The second kappa shape index (κ2) is 9.93. The van der Waals surface area contributed by atoms with Crippen LogP contribution in [-0.2, 0) is 11.3 Å². The number of benzene rings is 1. The molecule has 1 aromatic carbocycles. The maximum Gasteiger partial charge on any atom is 0.264 e. The quantitative estimate of drug-likeness (QED) is 0.526. The van der Waals surface area contributed by atoms with Crippen molar-refractivity contribution in [3.05, 3.63) is 64.1 Å². The van der Waals surface area contributed by atoms with Crippen molar-refractivity contribution in [1.29, 1.82) is 0 Å². The number of carbonyl (C=O) groups excluding carboxylic acids is 1. The Morgan fingerprint density at radius 3 is 2.91 bits per heavy atom. The minimum Gasteiger partial charge on any atom is -0.487 e. The van der Waals surface area contributed by atoms with E-state index < -0.39 is 0 Å². The Hall–Kier alpha value is -2.90. The Kier molecular flexibility index (Phi) is 6.60. The first kappa shape index (κ1) is 21.9. The van der Waals surface area contributed by atoms with E-state index in [1.165, 1.54) is 11.3 Å². The molecule has 33 heavy (non-hydrogen) atoms. The molecule has 0 N–H and O–H groups in total. The van der Waals surface area contributed by atoms with Crippen molar-refractivity contribution >= 4 is 17.2 Å². The third kappa shape index (κ3) is 5.04. The molecular formula is C26H28N2O4S. The van der Waals surface area contributed by atoms with Crippen LogP contribution < -0.4 is 9.47 Å². The van der Waals surface area contributed by atoms with Crippen LogP contribution in [0.15, 0.2) is 48.8 Å². The van der Waals surface area contributed by atoms with E-state index in [0.29, 0.717) is 32.1 Å². The van der Waals surface area contributed by atoms with Gasteiger partial charge in [-0.1, -0.05) is 6.07 Å². The normalized spacial score (nSPS) is 18.2. The SMILES string of the molecule is Cc1ccc(C(=O)N2CCOc3c(cc(-c4cccnc4)cc3OCC3CCCCO3)C2)s1. The second-order valence-corrected chi connectivity index (χ2v) is 9.78. The monoisotopic (exact) mass is 464 g/mol. The average molecular weight is 465 g/mol. The Morgan fingerprint density at radius 1 is 1.21 bits per heavy atom. The summed E-state index contributed by atoms with van der Waals surface area (Å²) in [5.41, 5.74) is 2.93. The van der Waals surface area contributed by atoms with Gasteiger partial charge in [0, 0.05) is 41.5 Å². The number of pyridine rings is 1. The zero-order chi connectivity index (χ0) is 22.6. The van der Waals surface area contributed by atoms with Gasteiger partial charge in [0.05, 0.1) is 17.5 Å². The second-order valence-electron chi connectivity index (χ2n) is 8.49. The zero-order valence-corrected chi connectivity index (χ0v) is 19.6. The van der Waals surface area contributed by atoms with Crippen LogP contribution in [0.25, 0.3) is 11.1 Å². The van der Waals surface area contributed by atoms with Gasteiger partial charge in [-0.05, 0) is 62.1 Å². The van der Waals surface area contributed by atoms with E-state index >= 15 is 0 Å². The summed E-state index contributed by atoms with van der Waals surface area (Å²) >= 11 is 1.53. The van der Waals surface area contributed by atoms with E-state index in [1.54, 1.807) is 6.20 Å². The summed E-state index contributed by atoms with van der Waals surface area (Å²) in [7, 11) is 0. The number of amides is 1. The van der Waals surface area contributed by atoms with Crippen molar-refractivity contribution in [3.63, 3.8) is 0 Å². The standard InChI is InChI=1S/C26H28N2O4S/c1-18-7-8-24(33-18)26(29)28-10-12-31-25-21(16-28)13-20(19-5-4-9-27-15-19)14-23(25)32-17-22-6-2-3-11-30-22/h4-5,7-9,13-15,22H,2-3,6,10-12,16-17H2,1H3. The summed E-state index contributed by atoms with van der Waals surface area (Å²) in [6, 6.07) is 11.9. The third-order valence-corrected chi connectivity index (χ3v) is 7.02. The van der Waals surface area contributed by atoms with Crippen molar-refractivity contribution in [2.24, 2.45) is 0 Å². The highest BCUT2D eigenvalue weighted by Gasteiger charge is 2.26. The van der Waals surface area contributed by atoms with Gasteiger partial charge in [0.15, 0.2) is 11.5 Å². The van der Waals surface area contributed by atoms with Crippen molar-refractivity contribution in [2.75, 3.05) is 26.4 Å². The Labute approximate surface area is 198 Å². The highest BCUT2D eigenvalue weighted by Crippen LogP contribution is 2.39. The van der Waals surface area contributed by atoms with Gasteiger partial charge in [-0.3, -0.25) is 9.78 Å². The fourth-order valence-electron chi connectivity index (χ4n) is 4.29. The molecule has 172 valence electrons. The van der Waals surface area contributed by atoms with Gasteiger partial charge in [-0.25, -0.2) is 0 Å². The van der Waals surface area contributed by atoms with E-state index in [9.17, 15) is 4.79 Å². The fraction of sp³-hybridized carbons (Fsp3) is 0.385. The number of nitrogens with zero attached hydrogens (tertiary/aromatic N) is 2. The zero-order valence-electron chi connectivity index (χ0n) is 18.8. The first-order valence-corrected chi connectivity index (χ1v) is 12.3. The average Bonchev–Trinajstić information content (AvgIpc) is 3.17. The molecule has 1 saturated heterocycles. The van der Waals surface area contributed by atoms with Gasteiger partial charge in [0.1, 0.15) is 13.2 Å². The fourth-order valence-corrected chi connectivity index (χ4v) is 5.13. The van der Waals surface area contributed by atoms with Gasteiger partial charge in [0.2, 0.25) is 0 Å². The predicted octanol–water partition coefficient (Wildman–Crippen LogP) is 5.10. The highest BCUT2D eigenvalue weighted by molar-refractivity contribution is 7.13. The number of hydrogen-bond acceptors (Lipinski definition) is 6. The van der Waals surface area contributed by atoms with Crippen molar-refractivity contribution in [1.82, 2.24) is 9.88 Å². The van der Waals surface area contributed by atoms with Gasteiger partial charge >= 0.3 is 0 Å². The van der Waals surface area contributed by atoms with E-state index in [1.807, 2.05) is 48.4 Å². The molecule has 0 aliphatic carbocycles. The lowest BCUT2D eigenvalue weighted by Crippen LogP contribution is -2.31. The summed E-state index contributed by atoms with van der Waals surface area (Å²) in [6.45, 7) is 4.71. The molecule has 2 aliphatic heterocycles. The van der Waals surface area contributed by atoms with Crippen LogP contribution in [0.3, 0.4) is 0 Å². The lowest BCUT2D eigenvalue weighted by molar-refractivity contribution is -0.0115. The van der Waals surface area contributed by atoms with Crippen molar-refractivity contribution in [2.45, 2.75) is 38.8 Å². The number of hydrogen-bond donors (Lipinski definition) is 0. The van der Waals surface area contributed by atoms with E-state index in [0.717, 1.165) is 58.1 Å². The number of ether oxygens (including phenoxy) is 3. The Morgan fingerprint density at radius 2 is 2.15 bits per heavy atom. The van der Waals surface area contributed by atoms with E-state index in [4.69, 9.17) is 14.2 Å². The molecule has 5 rings (SSSR count). The Bertz CT molecular complexity index is 1110. The molecule has 0 radical (unpaired) electrons. The van der Waals surface area contributed by atoms with Crippen LogP contribution in [-0.4, -0.2) is 48.3 Å². The van der Waals surface area contributed by atoms with Crippen LogP contribution >= 0.6 is 11.3 Å². The molecule has 1 amide bonds. The maximum atomic E-state index is 13.2. The summed E-state index contributed by atoms with van der Waals surface area (Å²) in [6.07, 6.45) is 6.98. The van der Waals surface area contributed by atoms with Gasteiger partial charge < -0.3 is 19.1 Å². The molecule has 0 bridgehead atoms. The molecule has 4 heterocycles. The molecule has 0 spiro atoms. The molecule has 1 atom stereocenters. The number of rotatable bonds is 5. The number of aromatic nitrogens is 1. The molecule has 2 aliphatic rings. The molecular weight excluding hydrogens is 436 g/mol. The largest absolute Gasteiger partial charge is 0.487 e. The van der Waals surface area contributed by atoms with Crippen LogP contribution in [0, 0.1) is 6.92 Å². The van der Waals surface area contributed by atoms with E-state index in [-0.39, 0.29) is 12.0 Å². The minimum atomic E-state index is 0.0365. The molecule has 1 unspecified atom stereocenters. The Balaban J connectivity index is 1.46. The maximum absolute atomic E-state index is 13.2. The summed E-state index contributed by atoms with van der Waals surface area (Å²) in [5.74, 6) is 1.45. The van der Waals surface area contributed by atoms with Gasteiger partial charge in [-0.15, -0.1) is 11.3 Å². The van der Waals surface area contributed by atoms with Crippen molar-refractivity contribution < 1.29 is 19.0 Å². The first-order chi connectivity index (χ1) is 16.2. The molecule has 6 nitrogen and oxygen atoms in total. The number of thiophene rings is 1. The number of carbonyl (C=O) groups is 1. The first-order valence-electron chi connectivity index (χ1n) is 11.5. The highest BCUT2D eigenvalue weighted by atomic mass is 32.1. The lowest BCUT2D eigenvalue weighted by Gasteiger charge is -2.24. The minimum absolute atomic E-state index is 0.0365. The third-order valence-electron chi connectivity index (χ3n) is 6.03. The topological polar surface area (TPSA) is 60.9 Å². The van der Waals surface area contributed by atoms with Crippen LogP contribution in [0.1, 0.15) is 39.4 Å². The van der Waals surface area contributed by atoms with Crippen LogP contribution in [0.2, 0.25) is 0 Å². The molecule has 2 aromatic heterocycles.